The van der Waals surface area contributed by atoms with E-state index in [-0.39, 0.29) is 0 Å². The van der Waals surface area contributed by atoms with Crippen molar-refractivity contribution in [2.45, 2.75) is 14.5 Å². The lowest BCUT2D eigenvalue weighted by Crippen LogP contribution is -2.30. The summed E-state index contributed by atoms with van der Waals surface area (Å²) in [6.07, 6.45) is 1.55. The van der Waals surface area contributed by atoms with Gasteiger partial charge in [-0.25, -0.2) is 0 Å². The molecule has 0 amide bonds. The Morgan fingerprint density at radius 2 is 1.57 bits per heavy atom. The topological polar surface area (TPSA) is 0 Å². The molecule has 0 aromatic carbocycles. The smallest absolute Gasteiger partial charge is 0.0873 e. The molecule has 0 heterocycles. The Hall–Kier alpha value is 1.44. The van der Waals surface area contributed by atoms with E-state index in [1.54, 1.807) is 6.42 Å². The summed E-state index contributed by atoms with van der Waals surface area (Å²) in [5, 5.41) is 0. The summed E-state index contributed by atoms with van der Waals surface area (Å²) in [7, 11) is 0. The molecule has 6 aliphatic carbocycles. The third kappa shape index (κ3) is 0.551. The molecule has 0 aromatic rings. The first-order valence-corrected chi connectivity index (χ1v) is 8.16. The monoisotopic (exact) mass is 380 g/mol. The molecule has 0 N–H and O–H groups in total. The molecule has 0 aromatic heterocycles. The van der Waals surface area contributed by atoms with E-state index in [9.17, 15) is 0 Å². The minimum Gasteiger partial charge on any atom is -0.0884 e. The van der Waals surface area contributed by atoms with Gasteiger partial charge < -0.3 is 0 Å². The second kappa shape index (κ2) is 2.08. The van der Waals surface area contributed by atoms with Gasteiger partial charge in [0.1, 0.15) is 0 Å². The number of hydrogen-bond acceptors (Lipinski definition) is 0. The van der Waals surface area contributed by atoms with Crippen LogP contribution < -0.4 is 0 Å². The van der Waals surface area contributed by atoms with Crippen LogP contribution in [0.1, 0.15) is 6.42 Å². The SMILES string of the molecule is Br[C@H]1[C@@H]2[C@@H]3[C@@H]4C[C@H]5[C@H]([C@@H]14)[C@@H]2C(Br)(Br)[C@@H]53. The van der Waals surface area contributed by atoms with Gasteiger partial charge in [-0.15, -0.1) is 0 Å². The van der Waals surface area contributed by atoms with Gasteiger partial charge >= 0.3 is 0 Å². The Kier molecular flexibility index (Phi) is 1.26. The van der Waals surface area contributed by atoms with E-state index in [0.717, 1.165) is 52.2 Å². The quantitative estimate of drug-likeness (QED) is 0.561. The van der Waals surface area contributed by atoms with Crippen LogP contribution in [0.15, 0.2) is 0 Å². The second-order valence-corrected chi connectivity index (χ2v) is 10.8. The molecule has 0 spiro atoms. The summed E-state index contributed by atoms with van der Waals surface area (Å²) in [5.74, 6) is 8.23. The van der Waals surface area contributed by atoms with Crippen molar-refractivity contribution < 1.29 is 0 Å². The second-order valence-electron chi connectivity index (χ2n) is 6.04. The number of halogens is 3. The van der Waals surface area contributed by atoms with Crippen molar-refractivity contribution >= 4 is 47.8 Å². The van der Waals surface area contributed by atoms with Crippen molar-refractivity contribution in [3.63, 3.8) is 0 Å². The van der Waals surface area contributed by atoms with Crippen LogP contribution in [0, 0.1) is 47.3 Å². The van der Waals surface area contributed by atoms with Crippen molar-refractivity contribution in [2.75, 3.05) is 0 Å². The van der Waals surface area contributed by atoms with Gasteiger partial charge in [-0.1, -0.05) is 47.8 Å². The van der Waals surface area contributed by atoms with Gasteiger partial charge in [-0.3, -0.25) is 0 Å². The zero-order chi connectivity index (χ0) is 9.40. The zero-order valence-electron chi connectivity index (χ0n) is 7.54. The Labute approximate surface area is 109 Å². The predicted molar refractivity (Wildman–Crippen MR) is 65.8 cm³/mol. The fourth-order valence-electron chi connectivity index (χ4n) is 6.47. The first-order chi connectivity index (χ1) is 6.64. The fourth-order valence-corrected chi connectivity index (χ4v) is 10.4. The van der Waals surface area contributed by atoms with E-state index < -0.39 is 0 Å². The van der Waals surface area contributed by atoms with E-state index in [0.29, 0.717) is 3.23 Å². The summed E-state index contributed by atoms with van der Waals surface area (Å²) < 4.78 is 0.330. The number of alkyl halides is 3. The van der Waals surface area contributed by atoms with Crippen molar-refractivity contribution in [3.05, 3.63) is 0 Å². The molecule has 0 radical (unpaired) electrons. The maximum atomic E-state index is 4.01. The van der Waals surface area contributed by atoms with Crippen LogP contribution in [0.4, 0.5) is 0 Å². The summed E-state index contributed by atoms with van der Waals surface area (Å²) in [6.45, 7) is 0. The zero-order valence-corrected chi connectivity index (χ0v) is 12.3. The summed E-state index contributed by atoms with van der Waals surface area (Å²) in [6, 6.07) is 0. The highest BCUT2D eigenvalue weighted by Crippen LogP contribution is 2.88. The third-order valence-electron chi connectivity index (χ3n) is 6.25. The lowest BCUT2D eigenvalue weighted by Gasteiger charge is -2.33. The maximum absolute atomic E-state index is 4.01. The molecule has 14 heavy (non-hydrogen) atoms. The van der Waals surface area contributed by atoms with Crippen molar-refractivity contribution in [1.29, 1.82) is 0 Å². The van der Waals surface area contributed by atoms with E-state index in [1.165, 1.54) is 0 Å². The minimum atomic E-state index is 0.330. The Morgan fingerprint density at radius 3 is 2.29 bits per heavy atom. The molecule has 6 aliphatic rings. The minimum absolute atomic E-state index is 0.330. The van der Waals surface area contributed by atoms with E-state index >= 15 is 0 Å². The van der Waals surface area contributed by atoms with Crippen LogP contribution in [0.2, 0.25) is 0 Å². The maximum Gasteiger partial charge on any atom is 0.0873 e. The Balaban J connectivity index is 1.85. The molecule has 6 rings (SSSR count). The number of hydrogen-bond donors (Lipinski definition) is 0. The van der Waals surface area contributed by atoms with Crippen LogP contribution >= 0.6 is 47.8 Å². The van der Waals surface area contributed by atoms with Crippen molar-refractivity contribution in [2.24, 2.45) is 47.3 Å². The number of rotatable bonds is 0. The molecule has 6 fully saturated rings. The lowest BCUT2D eigenvalue weighted by molar-refractivity contribution is 0.132. The Morgan fingerprint density at radius 1 is 0.857 bits per heavy atom. The van der Waals surface area contributed by atoms with Gasteiger partial charge in [-0.05, 0) is 53.8 Å². The average Bonchev–Trinajstić information content (AvgIpc) is 2.79. The molecule has 0 saturated heterocycles. The summed E-state index contributed by atoms with van der Waals surface area (Å²) in [4.78, 5) is 0.861. The highest BCUT2D eigenvalue weighted by Gasteiger charge is 2.86. The van der Waals surface area contributed by atoms with Crippen molar-refractivity contribution in [1.82, 2.24) is 0 Å². The van der Waals surface area contributed by atoms with Gasteiger partial charge in [0.05, 0.1) is 3.23 Å². The van der Waals surface area contributed by atoms with Crippen LogP contribution in [0.5, 0.6) is 0 Å². The molecule has 9 atom stereocenters. The van der Waals surface area contributed by atoms with Crippen LogP contribution in [0.3, 0.4) is 0 Å². The van der Waals surface area contributed by atoms with Gasteiger partial charge in [0.2, 0.25) is 0 Å². The standard InChI is InChI=1S/C11H11Br3/c12-10-6-2-1-3-5(6)9-7(10)4(2)8(3)11(9,13)14/h2-10H,1H2/t2-,3-,4-,5+,6-,7+,8-,9-,10+/m0/s1. The van der Waals surface area contributed by atoms with E-state index in [2.05, 4.69) is 47.8 Å². The van der Waals surface area contributed by atoms with Crippen LogP contribution in [0.25, 0.3) is 0 Å². The molecule has 6 saturated carbocycles. The molecular weight excluding hydrogens is 372 g/mol. The largest absolute Gasteiger partial charge is 0.0884 e. The molecule has 3 heteroatoms. The molecule has 0 unspecified atom stereocenters. The first-order valence-electron chi connectivity index (χ1n) is 5.66. The fraction of sp³-hybridized carbons (Fsp3) is 1.00. The molecule has 0 nitrogen and oxygen atoms in total. The molecule has 76 valence electrons. The van der Waals surface area contributed by atoms with E-state index in [4.69, 9.17) is 0 Å². The van der Waals surface area contributed by atoms with Crippen molar-refractivity contribution in [3.8, 4) is 0 Å². The summed E-state index contributed by atoms with van der Waals surface area (Å²) >= 11 is 12.0. The molecule has 0 aliphatic heterocycles. The third-order valence-corrected chi connectivity index (χ3v) is 9.58. The summed E-state index contributed by atoms with van der Waals surface area (Å²) in [5.41, 5.74) is 0. The average molecular weight is 383 g/mol. The predicted octanol–water partition coefficient (Wildman–Crippen LogP) is 3.62. The van der Waals surface area contributed by atoms with Gasteiger partial charge in [-0.2, -0.15) is 0 Å². The highest BCUT2D eigenvalue weighted by atomic mass is 79.9. The van der Waals surface area contributed by atoms with Gasteiger partial charge in [0, 0.05) is 4.83 Å². The van der Waals surface area contributed by atoms with Crippen LogP contribution in [-0.4, -0.2) is 8.06 Å². The first kappa shape index (κ1) is 8.52. The van der Waals surface area contributed by atoms with Crippen LogP contribution in [-0.2, 0) is 0 Å². The van der Waals surface area contributed by atoms with Gasteiger partial charge in [0.25, 0.3) is 0 Å². The molecule has 6 bridgehead atoms. The normalized spacial score (nSPS) is 78.6. The van der Waals surface area contributed by atoms with Gasteiger partial charge in [0.15, 0.2) is 0 Å². The lowest BCUT2D eigenvalue weighted by atomic mass is 9.71. The highest BCUT2D eigenvalue weighted by molar-refractivity contribution is 9.25. The van der Waals surface area contributed by atoms with E-state index in [1.807, 2.05) is 0 Å². The Bertz CT molecular complexity index is 350. The molecular formula is C11H11Br3.